The number of carboxylic acid groups (broad SMARTS) is 1. The van der Waals surface area contributed by atoms with Crippen LogP contribution < -0.4 is 14.4 Å². The van der Waals surface area contributed by atoms with E-state index in [1.807, 2.05) is 0 Å². The Hall–Kier alpha value is -3.22. The molecule has 0 radical (unpaired) electrons. The SMILES string of the molecule is CCC(C(=O)O)N1C(=O)C(c2cc3c(cc2O)OCO3)c2ccccc21. The number of phenolic OH excluding ortho intramolecular Hbond substituents is 1. The molecule has 1 amide bonds. The molecule has 0 saturated heterocycles. The summed E-state index contributed by atoms with van der Waals surface area (Å²) in [6.45, 7) is 1.77. The quantitative estimate of drug-likeness (QED) is 0.875. The lowest BCUT2D eigenvalue weighted by Crippen LogP contribution is -2.43. The van der Waals surface area contributed by atoms with Crippen molar-refractivity contribution in [2.24, 2.45) is 0 Å². The van der Waals surface area contributed by atoms with E-state index in [9.17, 15) is 19.8 Å². The summed E-state index contributed by atoms with van der Waals surface area (Å²) in [7, 11) is 0. The maximum atomic E-state index is 13.2. The van der Waals surface area contributed by atoms with Crippen molar-refractivity contribution in [3.63, 3.8) is 0 Å². The highest BCUT2D eigenvalue weighted by atomic mass is 16.7. The first-order chi connectivity index (χ1) is 12.5. The van der Waals surface area contributed by atoms with Crippen LogP contribution in [0.15, 0.2) is 36.4 Å². The molecule has 0 bridgehead atoms. The van der Waals surface area contributed by atoms with E-state index in [1.54, 1.807) is 37.3 Å². The third kappa shape index (κ3) is 2.28. The van der Waals surface area contributed by atoms with Gasteiger partial charge in [0.1, 0.15) is 11.8 Å². The Morgan fingerprint density at radius 2 is 1.92 bits per heavy atom. The van der Waals surface area contributed by atoms with Crippen molar-refractivity contribution in [3.8, 4) is 17.2 Å². The molecule has 0 fully saturated rings. The maximum absolute atomic E-state index is 13.2. The molecule has 0 aromatic heterocycles. The molecule has 7 heteroatoms. The molecule has 134 valence electrons. The summed E-state index contributed by atoms with van der Waals surface area (Å²) >= 11 is 0. The predicted molar refractivity (Wildman–Crippen MR) is 91.7 cm³/mol. The Kier molecular flexibility index (Phi) is 3.72. The number of para-hydroxylation sites is 1. The number of aromatic hydroxyl groups is 1. The molecule has 0 spiro atoms. The topological polar surface area (TPSA) is 96.3 Å². The molecule has 0 saturated carbocycles. The molecule has 2 aromatic carbocycles. The molecule has 0 aliphatic carbocycles. The van der Waals surface area contributed by atoms with Crippen LogP contribution in [0.2, 0.25) is 0 Å². The van der Waals surface area contributed by atoms with E-state index >= 15 is 0 Å². The number of carbonyl (C=O) groups excluding carboxylic acids is 1. The van der Waals surface area contributed by atoms with E-state index in [0.717, 1.165) is 0 Å². The molecule has 26 heavy (non-hydrogen) atoms. The van der Waals surface area contributed by atoms with E-state index in [-0.39, 0.29) is 24.9 Å². The fraction of sp³-hybridized carbons (Fsp3) is 0.263. The van der Waals surface area contributed by atoms with Crippen molar-refractivity contribution in [1.82, 2.24) is 0 Å². The maximum Gasteiger partial charge on any atom is 0.326 e. The van der Waals surface area contributed by atoms with E-state index in [1.165, 1.54) is 11.0 Å². The molecule has 2 atom stereocenters. The molecule has 2 N–H and O–H groups in total. The van der Waals surface area contributed by atoms with Crippen LogP contribution in [-0.4, -0.2) is 34.9 Å². The second kappa shape index (κ2) is 5.94. The Labute approximate surface area is 149 Å². The van der Waals surface area contributed by atoms with Crippen molar-refractivity contribution in [1.29, 1.82) is 0 Å². The number of benzene rings is 2. The summed E-state index contributed by atoms with van der Waals surface area (Å²) < 4.78 is 10.6. The highest BCUT2D eigenvalue weighted by molar-refractivity contribution is 6.10. The minimum absolute atomic E-state index is 0.0521. The summed E-state index contributed by atoms with van der Waals surface area (Å²) in [4.78, 5) is 26.2. The average molecular weight is 355 g/mol. The van der Waals surface area contributed by atoms with Crippen molar-refractivity contribution in [2.75, 3.05) is 11.7 Å². The number of nitrogens with zero attached hydrogens (tertiary/aromatic N) is 1. The van der Waals surface area contributed by atoms with Gasteiger partial charge in [-0.05, 0) is 24.1 Å². The lowest BCUT2D eigenvalue weighted by molar-refractivity contribution is -0.140. The minimum atomic E-state index is -1.06. The smallest absolute Gasteiger partial charge is 0.326 e. The molecule has 7 nitrogen and oxygen atoms in total. The minimum Gasteiger partial charge on any atom is -0.507 e. The summed E-state index contributed by atoms with van der Waals surface area (Å²) in [5.41, 5.74) is 1.58. The third-order valence-corrected chi connectivity index (χ3v) is 4.81. The van der Waals surface area contributed by atoms with Gasteiger partial charge in [0.15, 0.2) is 11.5 Å². The number of ether oxygens (including phenoxy) is 2. The second-order valence-corrected chi connectivity index (χ2v) is 6.23. The van der Waals surface area contributed by atoms with Crippen LogP contribution >= 0.6 is 0 Å². The highest BCUT2D eigenvalue weighted by Crippen LogP contribution is 2.48. The third-order valence-electron chi connectivity index (χ3n) is 4.81. The summed E-state index contributed by atoms with van der Waals surface area (Å²) in [5.74, 6) is -1.46. The number of carboxylic acids is 1. The van der Waals surface area contributed by atoms with Gasteiger partial charge in [-0.3, -0.25) is 9.69 Å². The van der Waals surface area contributed by atoms with Crippen LogP contribution in [0.25, 0.3) is 0 Å². The normalized spacial score (nSPS) is 18.7. The van der Waals surface area contributed by atoms with Gasteiger partial charge in [-0.25, -0.2) is 4.79 Å². The fourth-order valence-corrected chi connectivity index (χ4v) is 3.61. The standard InChI is InChI=1S/C19H17NO6/c1-2-12(19(23)24)20-13-6-4-3-5-10(13)17(18(20)22)11-7-15-16(8-14(11)21)26-9-25-15/h3-8,12,17,21H,2,9H2,1H3,(H,23,24). The lowest BCUT2D eigenvalue weighted by atomic mass is 9.91. The molecule has 2 unspecified atom stereocenters. The van der Waals surface area contributed by atoms with Gasteiger partial charge in [-0.1, -0.05) is 25.1 Å². The first kappa shape index (κ1) is 16.3. The molecule has 2 aliphatic rings. The number of carbonyl (C=O) groups is 2. The van der Waals surface area contributed by atoms with E-state index < -0.39 is 17.9 Å². The number of anilines is 1. The van der Waals surface area contributed by atoms with Crippen LogP contribution in [-0.2, 0) is 9.59 Å². The van der Waals surface area contributed by atoms with Gasteiger partial charge in [-0.2, -0.15) is 0 Å². The van der Waals surface area contributed by atoms with Crippen molar-refractivity contribution in [2.45, 2.75) is 25.3 Å². The number of phenols is 1. The van der Waals surface area contributed by atoms with Crippen molar-refractivity contribution < 1.29 is 29.3 Å². The van der Waals surface area contributed by atoms with Crippen LogP contribution in [0, 0.1) is 0 Å². The zero-order chi connectivity index (χ0) is 18.4. The average Bonchev–Trinajstić information content (AvgIpc) is 3.17. The molecular weight excluding hydrogens is 338 g/mol. The van der Waals surface area contributed by atoms with Crippen LogP contribution in [0.4, 0.5) is 5.69 Å². The van der Waals surface area contributed by atoms with Gasteiger partial charge in [-0.15, -0.1) is 0 Å². The highest BCUT2D eigenvalue weighted by Gasteiger charge is 2.44. The van der Waals surface area contributed by atoms with Crippen LogP contribution in [0.3, 0.4) is 0 Å². The van der Waals surface area contributed by atoms with Gasteiger partial charge in [0.05, 0.1) is 5.92 Å². The Morgan fingerprint density at radius 1 is 1.23 bits per heavy atom. The first-order valence-electron chi connectivity index (χ1n) is 8.30. The predicted octanol–water partition coefficient (Wildman–Crippen LogP) is 2.46. The number of amides is 1. The Bertz CT molecular complexity index is 909. The molecule has 2 heterocycles. The zero-order valence-electron chi connectivity index (χ0n) is 14.0. The monoisotopic (exact) mass is 355 g/mol. The molecule has 4 rings (SSSR count). The zero-order valence-corrected chi connectivity index (χ0v) is 14.0. The number of hydrogen-bond donors (Lipinski definition) is 2. The first-order valence-corrected chi connectivity index (χ1v) is 8.30. The van der Waals surface area contributed by atoms with Gasteiger partial charge < -0.3 is 19.7 Å². The fourth-order valence-electron chi connectivity index (χ4n) is 3.61. The Balaban J connectivity index is 1.86. The van der Waals surface area contributed by atoms with Crippen molar-refractivity contribution in [3.05, 3.63) is 47.5 Å². The summed E-state index contributed by atoms with van der Waals surface area (Å²) in [6, 6.07) is 9.08. The molecule has 2 aliphatic heterocycles. The summed E-state index contributed by atoms with van der Waals surface area (Å²) in [6.07, 6.45) is 0.273. The Morgan fingerprint density at radius 3 is 2.62 bits per heavy atom. The number of aliphatic carboxylic acids is 1. The van der Waals surface area contributed by atoms with E-state index in [2.05, 4.69) is 0 Å². The van der Waals surface area contributed by atoms with Gasteiger partial charge in [0, 0.05) is 17.3 Å². The number of fused-ring (bicyclic) bond motifs is 2. The second-order valence-electron chi connectivity index (χ2n) is 6.23. The van der Waals surface area contributed by atoms with Gasteiger partial charge in [0.2, 0.25) is 12.7 Å². The van der Waals surface area contributed by atoms with E-state index in [4.69, 9.17) is 9.47 Å². The van der Waals surface area contributed by atoms with Crippen molar-refractivity contribution >= 4 is 17.6 Å². The lowest BCUT2D eigenvalue weighted by Gasteiger charge is -2.24. The molecular formula is C19H17NO6. The van der Waals surface area contributed by atoms with Crippen LogP contribution in [0.1, 0.15) is 30.4 Å². The van der Waals surface area contributed by atoms with Crippen LogP contribution in [0.5, 0.6) is 17.2 Å². The van der Waals surface area contributed by atoms with Gasteiger partial charge in [0.25, 0.3) is 0 Å². The van der Waals surface area contributed by atoms with E-state index in [0.29, 0.717) is 28.3 Å². The largest absolute Gasteiger partial charge is 0.507 e. The van der Waals surface area contributed by atoms with Gasteiger partial charge >= 0.3 is 5.97 Å². The number of rotatable bonds is 4. The number of hydrogen-bond acceptors (Lipinski definition) is 5. The summed E-state index contributed by atoms with van der Waals surface area (Å²) in [5, 5.41) is 20.0. The molecule has 2 aromatic rings.